The van der Waals surface area contributed by atoms with Crippen molar-refractivity contribution in [1.29, 1.82) is 0 Å². The van der Waals surface area contributed by atoms with Crippen molar-refractivity contribution in [2.45, 2.75) is 116 Å². The Bertz CT molecular complexity index is 477. The molecule has 0 aromatic heterocycles. The van der Waals surface area contributed by atoms with E-state index in [1.807, 2.05) is 0 Å². The van der Waals surface area contributed by atoms with Gasteiger partial charge in [-0.05, 0) is 107 Å². The van der Waals surface area contributed by atoms with Crippen LogP contribution in [0.4, 0.5) is 0 Å². The predicted molar refractivity (Wildman–Crippen MR) is 115 cm³/mol. The number of rotatable bonds is 4. The van der Waals surface area contributed by atoms with Crippen LogP contribution in [-0.4, -0.2) is 12.1 Å². The van der Waals surface area contributed by atoms with Crippen LogP contribution in [0.1, 0.15) is 110 Å². The first-order valence-corrected chi connectivity index (χ1v) is 12.7. The van der Waals surface area contributed by atoms with Crippen LogP contribution >= 0.6 is 0 Å². The van der Waals surface area contributed by atoms with Crippen molar-refractivity contribution in [2.24, 2.45) is 35.5 Å². The Balaban J connectivity index is 0.00000240. The molecule has 2 nitrogen and oxygen atoms in total. The molecule has 4 rings (SSSR count). The van der Waals surface area contributed by atoms with E-state index in [2.05, 4.69) is 13.3 Å². The molecule has 4 aliphatic carbocycles. The summed E-state index contributed by atoms with van der Waals surface area (Å²) in [6.07, 6.45) is 23.7. The number of hydrogen-bond acceptors (Lipinski definition) is 2. The Kier molecular flexibility index (Phi) is 8.01. The Morgan fingerprint density at radius 2 is 1.10 bits per heavy atom. The van der Waals surface area contributed by atoms with Gasteiger partial charge in [0.1, 0.15) is 6.10 Å². The van der Waals surface area contributed by atoms with E-state index in [4.69, 9.17) is 4.74 Å². The van der Waals surface area contributed by atoms with Crippen molar-refractivity contribution in [3.05, 3.63) is 6.42 Å². The average molecular weight is 655 g/mol. The van der Waals surface area contributed by atoms with Gasteiger partial charge in [0.15, 0.2) is 0 Å². The smallest absolute Gasteiger partial charge is 0.309 e. The average Bonchev–Trinajstić information content (AvgIpc) is 2.75. The molecule has 0 bridgehead atoms. The molecule has 0 radical (unpaired) electrons. The largest absolute Gasteiger partial charge is 0.462 e. The van der Waals surface area contributed by atoms with E-state index in [-0.39, 0.29) is 18.0 Å². The van der Waals surface area contributed by atoms with Crippen LogP contribution in [-0.2, 0) is 9.53 Å². The molecule has 162 valence electrons. The molecule has 0 atom stereocenters. The Morgan fingerprint density at radius 1 is 0.655 bits per heavy atom. The summed E-state index contributed by atoms with van der Waals surface area (Å²) < 4.78 is 5.96. The molecule has 0 N–H and O–H groups in total. The van der Waals surface area contributed by atoms with Gasteiger partial charge in [-0.2, -0.15) is 12.8 Å². The standard InChI is InChI=1S/C26H43O2.Rf/c1-19-7-9-24(10-8-19)26(27)28-25-17-15-23(16-18-25)22-13-11-21(12-14-22)20-5-3-2-4-6-20;/h2,19-25H,3-18H2,1H3;/q-1;. The van der Waals surface area contributed by atoms with Crippen LogP contribution in [0, 0.1) is 41.9 Å². The summed E-state index contributed by atoms with van der Waals surface area (Å²) >= 11 is 0. The van der Waals surface area contributed by atoms with Crippen molar-refractivity contribution in [3.63, 3.8) is 0 Å². The number of esters is 1. The molecule has 0 heterocycles. The number of carbonyl (C=O) groups excluding carboxylic acids is 1. The van der Waals surface area contributed by atoms with E-state index < -0.39 is 0 Å². The third-order valence-corrected chi connectivity index (χ3v) is 8.98. The summed E-state index contributed by atoms with van der Waals surface area (Å²) in [7, 11) is 0. The van der Waals surface area contributed by atoms with E-state index in [1.54, 1.807) is 0 Å². The number of carbonyl (C=O) groups is 1. The van der Waals surface area contributed by atoms with Gasteiger partial charge in [0.2, 0.25) is 0 Å². The van der Waals surface area contributed by atoms with E-state index in [0.717, 1.165) is 55.3 Å². The number of hydrogen-bond donors (Lipinski definition) is 0. The number of ether oxygens (including phenoxy) is 1. The van der Waals surface area contributed by atoms with Gasteiger partial charge in [-0.3, -0.25) is 4.79 Å². The minimum Gasteiger partial charge on any atom is -0.462 e. The normalized spacial score (nSPS) is 39.3. The second-order valence-electron chi connectivity index (χ2n) is 10.8. The first kappa shape index (κ1) is 22.2. The van der Waals surface area contributed by atoms with E-state index >= 15 is 0 Å². The van der Waals surface area contributed by atoms with E-state index in [1.165, 1.54) is 77.0 Å². The van der Waals surface area contributed by atoms with E-state index in [0.29, 0.717) is 0 Å². The SMILES string of the molecule is CC1CCC(C(=O)OC2CCC(C3CCC(C4CC[CH-]CC4)CC3)CC2)CC1.[Rf]. The molecule has 3 heteroatoms. The second kappa shape index (κ2) is 10.5. The van der Waals surface area contributed by atoms with Gasteiger partial charge < -0.3 is 11.2 Å². The third-order valence-electron chi connectivity index (χ3n) is 8.98. The quantitative estimate of drug-likeness (QED) is 0.239. The fourth-order valence-electron chi connectivity index (χ4n) is 6.95. The zero-order valence-corrected chi connectivity index (χ0v) is 25.4. The van der Waals surface area contributed by atoms with Crippen LogP contribution in [0.2, 0.25) is 0 Å². The van der Waals surface area contributed by atoms with Crippen molar-refractivity contribution in [2.75, 3.05) is 0 Å². The van der Waals surface area contributed by atoms with Crippen molar-refractivity contribution in [3.8, 4) is 0 Å². The molecule has 0 amide bonds. The summed E-state index contributed by atoms with van der Waals surface area (Å²) in [6, 6.07) is 0. The fraction of sp³-hybridized carbons (Fsp3) is 0.923. The summed E-state index contributed by atoms with van der Waals surface area (Å²) in [4.78, 5) is 12.5. The van der Waals surface area contributed by atoms with Crippen LogP contribution in [0.5, 0.6) is 0 Å². The van der Waals surface area contributed by atoms with Crippen LogP contribution in [0.3, 0.4) is 0 Å². The first-order valence-electron chi connectivity index (χ1n) is 12.7. The van der Waals surface area contributed by atoms with Crippen LogP contribution in [0.25, 0.3) is 0 Å². The Hall–Kier alpha value is -1.53. The van der Waals surface area contributed by atoms with Crippen LogP contribution in [0.15, 0.2) is 0 Å². The molecule has 4 saturated carbocycles. The Morgan fingerprint density at radius 3 is 1.62 bits per heavy atom. The van der Waals surface area contributed by atoms with E-state index in [9.17, 15) is 4.79 Å². The molecule has 4 fully saturated rings. The monoisotopic (exact) mass is 654 g/mol. The summed E-state index contributed by atoms with van der Waals surface area (Å²) in [6.45, 7) is 2.31. The second-order valence-corrected chi connectivity index (χ2v) is 10.8. The molecule has 0 aliphatic heterocycles. The molecule has 0 spiro atoms. The topological polar surface area (TPSA) is 26.3 Å². The third kappa shape index (κ3) is 5.76. The zero-order valence-electron chi connectivity index (χ0n) is 19.0. The van der Waals surface area contributed by atoms with Crippen LogP contribution < -0.4 is 0 Å². The maximum absolute atomic E-state index is 12.5. The summed E-state index contributed by atoms with van der Waals surface area (Å²) in [5.74, 6) is 5.05. The summed E-state index contributed by atoms with van der Waals surface area (Å²) in [5, 5.41) is 0. The molecule has 0 aromatic carbocycles. The van der Waals surface area contributed by atoms with Gasteiger partial charge in [0.05, 0.1) is 5.92 Å². The molecule has 0 unspecified atom stereocenters. The molecule has 0 aromatic rings. The molecule has 29 heavy (non-hydrogen) atoms. The molecular formula is C26H43O2Rf-. The minimum atomic E-state index is 0. The predicted octanol–water partition coefficient (Wildman–Crippen LogP) is 7.12. The maximum atomic E-state index is 12.5. The zero-order chi connectivity index (χ0) is 19.3. The van der Waals surface area contributed by atoms with Crippen molar-refractivity contribution < 1.29 is 9.53 Å². The molecule has 0 saturated heterocycles. The van der Waals surface area contributed by atoms with Gasteiger partial charge in [-0.15, -0.1) is 0 Å². The van der Waals surface area contributed by atoms with Gasteiger partial charge in [0.25, 0.3) is 0 Å². The maximum Gasteiger partial charge on any atom is 0.309 e. The van der Waals surface area contributed by atoms with Crippen molar-refractivity contribution in [1.82, 2.24) is 0 Å². The fourth-order valence-corrected chi connectivity index (χ4v) is 6.95. The molecular weight excluding hydrogens is 611 g/mol. The van der Waals surface area contributed by atoms with Gasteiger partial charge in [-0.1, -0.05) is 19.8 Å². The Labute approximate surface area is 173 Å². The first-order chi connectivity index (χ1) is 13.7. The van der Waals surface area contributed by atoms with Crippen molar-refractivity contribution >= 4 is 5.97 Å². The minimum absolute atomic E-state index is 0. The molecule has 4 aliphatic rings. The van der Waals surface area contributed by atoms with Gasteiger partial charge >= 0.3 is 5.97 Å². The van der Waals surface area contributed by atoms with Gasteiger partial charge in [0, 0.05) is 0 Å². The van der Waals surface area contributed by atoms with Gasteiger partial charge in [-0.25, -0.2) is 0 Å². The summed E-state index contributed by atoms with van der Waals surface area (Å²) in [5.41, 5.74) is 0.